The van der Waals surface area contributed by atoms with Gasteiger partial charge in [-0.15, -0.1) is 0 Å². The van der Waals surface area contributed by atoms with Crippen LogP contribution in [-0.4, -0.2) is 0 Å². The molecule has 0 unspecified atom stereocenters. The molecule has 1 aromatic carbocycles. The minimum absolute atomic E-state index is 1.21. The third-order valence-electron chi connectivity index (χ3n) is 2.34. The van der Waals surface area contributed by atoms with E-state index in [-0.39, 0.29) is 0 Å². The Morgan fingerprint density at radius 1 is 0.923 bits per heavy atom. The van der Waals surface area contributed by atoms with Crippen molar-refractivity contribution in [2.45, 2.75) is 19.3 Å². The van der Waals surface area contributed by atoms with Crippen molar-refractivity contribution >= 4 is 5.57 Å². The van der Waals surface area contributed by atoms with Crippen molar-refractivity contribution in [3.05, 3.63) is 54.1 Å². The first-order valence-electron chi connectivity index (χ1n) is 4.89. The van der Waals surface area contributed by atoms with Gasteiger partial charge in [0.05, 0.1) is 0 Å². The molecule has 0 amide bonds. The standard InChI is InChI=1S/C13H14/c1-2-5-9-12(8-4-1)13-10-6-3-7-11-13/h3-4,6-11H,1-2,5H2. The Morgan fingerprint density at radius 3 is 2.62 bits per heavy atom. The first kappa shape index (κ1) is 8.31. The van der Waals surface area contributed by atoms with E-state index in [1.807, 2.05) is 0 Å². The summed E-state index contributed by atoms with van der Waals surface area (Å²) >= 11 is 0. The molecule has 0 spiro atoms. The number of allylic oxidation sites excluding steroid dienone is 4. The monoisotopic (exact) mass is 170 g/mol. The molecule has 0 heteroatoms. The second kappa shape index (κ2) is 4.08. The van der Waals surface area contributed by atoms with Gasteiger partial charge in [0.1, 0.15) is 0 Å². The van der Waals surface area contributed by atoms with E-state index < -0.39 is 0 Å². The quantitative estimate of drug-likeness (QED) is 0.601. The number of benzene rings is 1. The van der Waals surface area contributed by atoms with Crippen molar-refractivity contribution in [1.29, 1.82) is 0 Å². The minimum atomic E-state index is 1.21. The fourth-order valence-electron chi connectivity index (χ4n) is 1.62. The van der Waals surface area contributed by atoms with E-state index in [0.29, 0.717) is 0 Å². The van der Waals surface area contributed by atoms with E-state index in [0.717, 1.165) is 0 Å². The largest absolute Gasteiger partial charge is 0.0839 e. The lowest BCUT2D eigenvalue weighted by Crippen LogP contribution is -1.78. The third-order valence-corrected chi connectivity index (χ3v) is 2.34. The number of hydrogen-bond acceptors (Lipinski definition) is 0. The Bertz CT molecular complexity index is 317. The molecule has 0 heterocycles. The first-order chi connectivity index (χ1) is 6.47. The number of hydrogen-bond donors (Lipinski definition) is 0. The molecule has 1 aliphatic carbocycles. The maximum Gasteiger partial charge on any atom is -0.0187 e. The maximum absolute atomic E-state index is 2.33. The molecule has 0 saturated carbocycles. The Hall–Kier alpha value is -1.30. The van der Waals surface area contributed by atoms with Gasteiger partial charge in [-0.2, -0.15) is 0 Å². The fraction of sp³-hybridized carbons (Fsp3) is 0.231. The minimum Gasteiger partial charge on any atom is -0.0839 e. The second-order valence-corrected chi connectivity index (χ2v) is 3.36. The molecule has 0 bridgehead atoms. The highest BCUT2D eigenvalue weighted by molar-refractivity contribution is 5.74. The summed E-state index contributed by atoms with van der Waals surface area (Å²) in [5.41, 5.74) is 2.71. The van der Waals surface area contributed by atoms with Gasteiger partial charge in [-0.3, -0.25) is 0 Å². The van der Waals surface area contributed by atoms with Gasteiger partial charge in [0.25, 0.3) is 0 Å². The van der Waals surface area contributed by atoms with Gasteiger partial charge >= 0.3 is 0 Å². The predicted octanol–water partition coefficient (Wildman–Crippen LogP) is 3.81. The van der Waals surface area contributed by atoms with Gasteiger partial charge in [0.2, 0.25) is 0 Å². The SMILES string of the molecule is C1=CC(c2ccccc2)=CCCC1. The van der Waals surface area contributed by atoms with Crippen LogP contribution >= 0.6 is 0 Å². The zero-order chi connectivity index (χ0) is 8.93. The van der Waals surface area contributed by atoms with Gasteiger partial charge in [-0.1, -0.05) is 48.6 Å². The van der Waals surface area contributed by atoms with Crippen LogP contribution in [0.3, 0.4) is 0 Å². The molecule has 0 radical (unpaired) electrons. The molecular formula is C13H14. The molecule has 1 aliphatic rings. The normalized spacial score (nSPS) is 16.5. The van der Waals surface area contributed by atoms with Crippen molar-refractivity contribution in [2.75, 3.05) is 0 Å². The molecule has 13 heavy (non-hydrogen) atoms. The molecule has 0 fully saturated rings. The summed E-state index contributed by atoms with van der Waals surface area (Å²) in [5.74, 6) is 0. The van der Waals surface area contributed by atoms with Crippen LogP contribution in [0.5, 0.6) is 0 Å². The van der Waals surface area contributed by atoms with Gasteiger partial charge in [0, 0.05) is 0 Å². The lowest BCUT2D eigenvalue weighted by atomic mass is 10.1. The zero-order valence-electron chi connectivity index (χ0n) is 7.74. The zero-order valence-corrected chi connectivity index (χ0v) is 7.74. The summed E-state index contributed by atoms with van der Waals surface area (Å²) in [6, 6.07) is 10.6. The van der Waals surface area contributed by atoms with Crippen molar-refractivity contribution in [3.8, 4) is 0 Å². The van der Waals surface area contributed by atoms with Crippen molar-refractivity contribution < 1.29 is 0 Å². The Kier molecular flexibility index (Phi) is 2.61. The van der Waals surface area contributed by atoms with Crippen LogP contribution in [-0.2, 0) is 0 Å². The van der Waals surface area contributed by atoms with Crippen LogP contribution in [0.4, 0.5) is 0 Å². The molecule has 0 atom stereocenters. The molecular weight excluding hydrogens is 156 g/mol. The smallest absolute Gasteiger partial charge is 0.0187 e. The Labute approximate surface area is 79.6 Å². The third kappa shape index (κ3) is 2.09. The summed E-state index contributed by atoms with van der Waals surface area (Å²) in [7, 11) is 0. The summed E-state index contributed by atoms with van der Waals surface area (Å²) in [6.07, 6.45) is 10.5. The highest BCUT2D eigenvalue weighted by atomic mass is 14.0. The van der Waals surface area contributed by atoms with E-state index in [1.54, 1.807) is 0 Å². The van der Waals surface area contributed by atoms with E-state index in [2.05, 4.69) is 48.6 Å². The van der Waals surface area contributed by atoms with Crippen LogP contribution < -0.4 is 0 Å². The summed E-state index contributed by atoms with van der Waals surface area (Å²) in [4.78, 5) is 0. The molecule has 2 rings (SSSR count). The lowest BCUT2D eigenvalue weighted by Gasteiger charge is -2.00. The highest BCUT2D eigenvalue weighted by Gasteiger charge is 1.98. The molecule has 0 aliphatic heterocycles. The number of rotatable bonds is 1. The highest BCUT2D eigenvalue weighted by Crippen LogP contribution is 2.20. The predicted molar refractivity (Wildman–Crippen MR) is 57.4 cm³/mol. The second-order valence-electron chi connectivity index (χ2n) is 3.36. The van der Waals surface area contributed by atoms with Crippen LogP contribution in [0.25, 0.3) is 5.57 Å². The van der Waals surface area contributed by atoms with E-state index in [9.17, 15) is 0 Å². The van der Waals surface area contributed by atoms with Crippen molar-refractivity contribution in [1.82, 2.24) is 0 Å². The first-order valence-corrected chi connectivity index (χ1v) is 4.89. The summed E-state index contributed by atoms with van der Waals surface area (Å²) < 4.78 is 0. The van der Waals surface area contributed by atoms with E-state index in [1.165, 1.54) is 30.4 Å². The van der Waals surface area contributed by atoms with Gasteiger partial charge in [-0.05, 0) is 30.4 Å². The van der Waals surface area contributed by atoms with Crippen molar-refractivity contribution in [3.63, 3.8) is 0 Å². The summed E-state index contributed by atoms with van der Waals surface area (Å²) in [5, 5.41) is 0. The molecule has 1 aromatic rings. The maximum atomic E-state index is 2.33. The summed E-state index contributed by atoms with van der Waals surface area (Å²) in [6.45, 7) is 0. The van der Waals surface area contributed by atoms with E-state index >= 15 is 0 Å². The molecule has 0 aromatic heterocycles. The van der Waals surface area contributed by atoms with Gasteiger partial charge in [0.15, 0.2) is 0 Å². The molecule has 0 saturated heterocycles. The van der Waals surface area contributed by atoms with Gasteiger partial charge in [-0.25, -0.2) is 0 Å². The van der Waals surface area contributed by atoms with Gasteiger partial charge < -0.3 is 0 Å². The van der Waals surface area contributed by atoms with E-state index in [4.69, 9.17) is 0 Å². The molecule has 0 nitrogen and oxygen atoms in total. The average molecular weight is 170 g/mol. The molecule has 66 valence electrons. The van der Waals surface area contributed by atoms with Crippen molar-refractivity contribution in [2.24, 2.45) is 0 Å². The van der Waals surface area contributed by atoms with Crippen LogP contribution in [0, 0.1) is 0 Å². The van der Waals surface area contributed by atoms with Crippen LogP contribution in [0.1, 0.15) is 24.8 Å². The Morgan fingerprint density at radius 2 is 1.77 bits per heavy atom. The topological polar surface area (TPSA) is 0 Å². The fourth-order valence-corrected chi connectivity index (χ4v) is 1.62. The Balaban J connectivity index is 2.29. The lowest BCUT2D eigenvalue weighted by molar-refractivity contribution is 0.876. The van der Waals surface area contributed by atoms with Crippen LogP contribution in [0.2, 0.25) is 0 Å². The van der Waals surface area contributed by atoms with Crippen LogP contribution in [0.15, 0.2) is 48.6 Å². The average Bonchev–Trinajstić information content (AvgIpc) is 2.47. The molecule has 0 N–H and O–H groups in total.